The van der Waals surface area contributed by atoms with E-state index in [9.17, 15) is 4.79 Å². The smallest absolute Gasteiger partial charge is 0.234 e. The lowest BCUT2D eigenvalue weighted by Crippen LogP contribution is -2.14. The molecule has 8 heteroatoms. The van der Waals surface area contributed by atoms with Gasteiger partial charge in [-0.25, -0.2) is 0 Å². The summed E-state index contributed by atoms with van der Waals surface area (Å²) in [6.07, 6.45) is 0. The van der Waals surface area contributed by atoms with Crippen LogP contribution in [0, 0.1) is 17.4 Å². The Hall–Kier alpha value is -1.65. The fraction of sp³-hybridized carbons (Fsp3) is 0.167. The van der Waals surface area contributed by atoms with Crippen LogP contribution in [0.3, 0.4) is 0 Å². The molecular formula is C18H17IN4OS2. The van der Waals surface area contributed by atoms with Crippen LogP contribution in [0.4, 0.5) is 16.5 Å². The molecule has 0 radical (unpaired) electrons. The third-order valence-electron chi connectivity index (χ3n) is 3.50. The van der Waals surface area contributed by atoms with Crippen molar-refractivity contribution in [3.8, 4) is 0 Å². The molecule has 2 N–H and O–H groups in total. The normalized spacial score (nSPS) is 10.6. The molecule has 3 rings (SSSR count). The van der Waals surface area contributed by atoms with E-state index in [0.29, 0.717) is 10.9 Å². The van der Waals surface area contributed by atoms with Crippen molar-refractivity contribution in [2.45, 2.75) is 18.2 Å². The summed E-state index contributed by atoms with van der Waals surface area (Å²) in [5, 5.41) is 15.1. The van der Waals surface area contributed by atoms with E-state index >= 15 is 0 Å². The summed E-state index contributed by atoms with van der Waals surface area (Å²) in [5.74, 6) is 0.243. The summed E-state index contributed by atoms with van der Waals surface area (Å²) in [4.78, 5) is 12.2. The standard InChI is InChI=1S/C18H17IN4OS2/c1-11-3-6-14(7-4-11)20-17-22-23-18(26-17)25-10-16(24)21-15-8-5-13(19)9-12(15)2/h3-9H,10H2,1-2H3,(H,20,22)(H,21,24). The fourth-order valence-corrected chi connectivity index (χ4v) is 4.38. The lowest BCUT2D eigenvalue weighted by atomic mass is 10.2. The molecule has 2 aromatic carbocycles. The summed E-state index contributed by atoms with van der Waals surface area (Å²) >= 11 is 5.07. The number of anilines is 3. The van der Waals surface area contributed by atoms with E-state index in [1.54, 1.807) is 0 Å². The molecule has 0 aliphatic rings. The Morgan fingerprint density at radius 2 is 1.92 bits per heavy atom. The van der Waals surface area contributed by atoms with Gasteiger partial charge in [0.15, 0.2) is 4.34 Å². The van der Waals surface area contributed by atoms with Crippen LogP contribution in [0.2, 0.25) is 0 Å². The molecule has 0 aliphatic heterocycles. The van der Waals surface area contributed by atoms with E-state index in [1.807, 2.05) is 56.3 Å². The number of nitrogens with zero attached hydrogens (tertiary/aromatic N) is 2. The van der Waals surface area contributed by atoms with Gasteiger partial charge in [0.05, 0.1) is 5.75 Å². The molecule has 1 amide bonds. The number of aromatic nitrogens is 2. The maximum atomic E-state index is 12.2. The van der Waals surface area contributed by atoms with Crippen LogP contribution in [0.1, 0.15) is 11.1 Å². The van der Waals surface area contributed by atoms with Gasteiger partial charge in [-0.1, -0.05) is 40.8 Å². The monoisotopic (exact) mass is 496 g/mol. The third kappa shape index (κ3) is 5.42. The van der Waals surface area contributed by atoms with Crippen LogP contribution in [-0.2, 0) is 4.79 Å². The minimum atomic E-state index is -0.0532. The van der Waals surface area contributed by atoms with E-state index in [1.165, 1.54) is 28.7 Å². The minimum absolute atomic E-state index is 0.0532. The van der Waals surface area contributed by atoms with Gasteiger partial charge < -0.3 is 10.6 Å². The quantitative estimate of drug-likeness (QED) is 0.361. The van der Waals surface area contributed by atoms with Crippen molar-refractivity contribution >= 4 is 68.1 Å². The zero-order valence-corrected chi connectivity index (χ0v) is 18.0. The van der Waals surface area contributed by atoms with E-state index in [0.717, 1.165) is 24.8 Å². The second-order valence-corrected chi connectivity index (χ2v) is 9.11. The number of carbonyl (C=O) groups is 1. The van der Waals surface area contributed by atoms with Crippen molar-refractivity contribution in [1.29, 1.82) is 0 Å². The molecule has 1 heterocycles. The van der Waals surface area contributed by atoms with E-state index in [2.05, 4.69) is 43.4 Å². The van der Waals surface area contributed by atoms with Crippen LogP contribution in [-0.4, -0.2) is 21.9 Å². The van der Waals surface area contributed by atoms with Gasteiger partial charge in [-0.05, 0) is 72.3 Å². The molecule has 134 valence electrons. The Balaban J connectivity index is 1.52. The van der Waals surface area contributed by atoms with Gasteiger partial charge >= 0.3 is 0 Å². The molecule has 1 aromatic heterocycles. The van der Waals surface area contributed by atoms with Crippen molar-refractivity contribution in [1.82, 2.24) is 10.2 Å². The van der Waals surface area contributed by atoms with E-state index in [-0.39, 0.29) is 5.91 Å². The molecule has 0 saturated heterocycles. The summed E-state index contributed by atoms with van der Waals surface area (Å²) in [6, 6.07) is 14.0. The number of thioether (sulfide) groups is 1. The first kappa shape index (κ1) is 19.1. The second kappa shape index (κ2) is 8.83. The Bertz CT molecular complexity index is 912. The molecule has 3 aromatic rings. The molecule has 0 unspecified atom stereocenters. The highest BCUT2D eigenvalue weighted by atomic mass is 127. The van der Waals surface area contributed by atoms with Crippen LogP contribution < -0.4 is 10.6 Å². The summed E-state index contributed by atoms with van der Waals surface area (Å²) in [5.41, 5.74) is 4.07. The lowest BCUT2D eigenvalue weighted by Gasteiger charge is -2.07. The molecular weight excluding hydrogens is 479 g/mol. The van der Waals surface area contributed by atoms with E-state index < -0.39 is 0 Å². The SMILES string of the molecule is Cc1ccc(Nc2nnc(SCC(=O)Nc3ccc(I)cc3C)s2)cc1. The fourth-order valence-electron chi connectivity index (χ4n) is 2.16. The van der Waals surface area contributed by atoms with Crippen molar-refractivity contribution in [2.75, 3.05) is 16.4 Å². The predicted octanol–water partition coefficient (Wildman–Crippen LogP) is 5.23. The largest absolute Gasteiger partial charge is 0.330 e. The van der Waals surface area contributed by atoms with Crippen LogP contribution in [0.15, 0.2) is 46.8 Å². The molecule has 0 saturated carbocycles. The molecule has 0 fully saturated rings. The number of rotatable bonds is 6. The number of nitrogens with one attached hydrogen (secondary N) is 2. The summed E-state index contributed by atoms with van der Waals surface area (Å²) < 4.78 is 1.91. The van der Waals surface area contributed by atoms with Gasteiger partial charge in [0.1, 0.15) is 0 Å². The number of amides is 1. The Morgan fingerprint density at radius 3 is 2.65 bits per heavy atom. The Kier molecular flexibility index (Phi) is 6.49. The van der Waals surface area contributed by atoms with Gasteiger partial charge in [0.25, 0.3) is 0 Å². The van der Waals surface area contributed by atoms with Gasteiger partial charge in [-0.15, -0.1) is 10.2 Å². The molecule has 0 bridgehead atoms. The van der Waals surface area contributed by atoms with Crippen molar-refractivity contribution in [3.05, 3.63) is 57.2 Å². The highest BCUT2D eigenvalue weighted by Gasteiger charge is 2.10. The average molecular weight is 496 g/mol. The Morgan fingerprint density at radius 1 is 1.15 bits per heavy atom. The maximum Gasteiger partial charge on any atom is 0.234 e. The van der Waals surface area contributed by atoms with Gasteiger partial charge in [-0.3, -0.25) is 4.79 Å². The maximum absolute atomic E-state index is 12.2. The number of benzene rings is 2. The number of halogens is 1. The zero-order valence-electron chi connectivity index (χ0n) is 14.2. The van der Waals surface area contributed by atoms with E-state index in [4.69, 9.17) is 0 Å². The van der Waals surface area contributed by atoms with Gasteiger partial charge in [0, 0.05) is 14.9 Å². The first-order valence-corrected chi connectivity index (χ1v) is 10.7. The number of hydrogen-bond donors (Lipinski definition) is 2. The van der Waals surface area contributed by atoms with Crippen molar-refractivity contribution in [3.63, 3.8) is 0 Å². The number of hydrogen-bond acceptors (Lipinski definition) is 6. The second-order valence-electron chi connectivity index (χ2n) is 5.66. The molecule has 0 atom stereocenters. The summed E-state index contributed by atoms with van der Waals surface area (Å²) in [6.45, 7) is 4.03. The highest BCUT2D eigenvalue weighted by Crippen LogP contribution is 2.28. The summed E-state index contributed by atoms with van der Waals surface area (Å²) in [7, 11) is 0. The highest BCUT2D eigenvalue weighted by molar-refractivity contribution is 14.1. The van der Waals surface area contributed by atoms with Gasteiger partial charge in [-0.2, -0.15) is 0 Å². The van der Waals surface area contributed by atoms with Crippen molar-refractivity contribution < 1.29 is 4.79 Å². The number of carbonyl (C=O) groups excluding carboxylic acids is 1. The Labute approximate surface area is 174 Å². The molecule has 0 aliphatic carbocycles. The average Bonchev–Trinajstić information content (AvgIpc) is 3.05. The number of aryl methyl sites for hydroxylation is 2. The first-order chi connectivity index (χ1) is 12.5. The molecule has 5 nitrogen and oxygen atoms in total. The van der Waals surface area contributed by atoms with Crippen LogP contribution >= 0.6 is 45.7 Å². The third-order valence-corrected chi connectivity index (χ3v) is 6.14. The van der Waals surface area contributed by atoms with Gasteiger partial charge in [0.2, 0.25) is 11.0 Å². The van der Waals surface area contributed by atoms with Crippen molar-refractivity contribution in [2.24, 2.45) is 0 Å². The molecule has 0 spiro atoms. The van der Waals surface area contributed by atoms with Crippen LogP contribution in [0.5, 0.6) is 0 Å². The minimum Gasteiger partial charge on any atom is -0.330 e. The predicted molar refractivity (Wildman–Crippen MR) is 118 cm³/mol. The molecule has 26 heavy (non-hydrogen) atoms. The van der Waals surface area contributed by atoms with Crippen LogP contribution in [0.25, 0.3) is 0 Å². The topological polar surface area (TPSA) is 66.9 Å². The zero-order chi connectivity index (χ0) is 18.5. The lowest BCUT2D eigenvalue weighted by molar-refractivity contribution is -0.113. The first-order valence-electron chi connectivity index (χ1n) is 7.85.